The van der Waals surface area contributed by atoms with Crippen LogP contribution >= 0.6 is 15.9 Å². The van der Waals surface area contributed by atoms with Crippen LogP contribution in [0.15, 0.2) is 41.1 Å². The van der Waals surface area contributed by atoms with Crippen molar-refractivity contribution in [3.8, 4) is 5.75 Å². The molecule has 100 valence electrons. The van der Waals surface area contributed by atoms with Crippen LogP contribution in [0.3, 0.4) is 0 Å². The largest absolute Gasteiger partial charge is 0.497 e. The molecule has 0 saturated carbocycles. The zero-order chi connectivity index (χ0) is 13.8. The summed E-state index contributed by atoms with van der Waals surface area (Å²) in [6.07, 6.45) is 1.69. The Labute approximate surface area is 119 Å². The van der Waals surface area contributed by atoms with Crippen molar-refractivity contribution in [2.45, 2.75) is 13.0 Å². The smallest absolute Gasteiger partial charge is 0.132 e. The number of aromatic nitrogens is 1. The summed E-state index contributed by atoms with van der Waals surface area (Å²) in [7, 11) is 1.52. The minimum Gasteiger partial charge on any atom is -0.497 e. The molecular weight excluding hydrogens is 311 g/mol. The number of nitrogens with one attached hydrogen (secondary N) is 1. The Kier molecular flexibility index (Phi) is 4.37. The van der Waals surface area contributed by atoms with Gasteiger partial charge in [0, 0.05) is 17.8 Å². The van der Waals surface area contributed by atoms with Crippen LogP contribution in [0.5, 0.6) is 5.75 Å². The number of halogens is 2. The first kappa shape index (κ1) is 13.8. The molecule has 0 aliphatic heterocycles. The molecule has 19 heavy (non-hydrogen) atoms. The van der Waals surface area contributed by atoms with E-state index in [1.54, 1.807) is 18.3 Å². The molecular formula is C14H14BrFN2O. The van der Waals surface area contributed by atoms with Crippen LogP contribution in [0.4, 0.5) is 10.1 Å². The summed E-state index contributed by atoms with van der Waals surface area (Å²) in [4.78, 5) is 4.12. The van der Waals surface area contributed by atoms with Gasteiger partial charge in [-0.3, -0.25) is 0 Å². The van der Waals surface area contributed by atoms with Gasteiger partial charge in [-0.15, -0.1) is 0 Å². The van der Waals surface area contributed by atoms with Gasteiger partial charge in [-0.2, -0.15) is 0 Å². The third-order valence-corrected chi connectivity index (χ3v) is 3.44. The third-order valence-electron chi connectivity index (χ3n) is 2.81. The molecule has 0 aliphatic carbocycles. The van der Waals surface area contributed by atoms with Crippen LogP contribution in [-0.4, -0.2) is 12.1 Å². The van der Waals surface area contributed by atoms with Crippen molar-refractivity contribution in [1.29, 1.82) is 0 Å². The maximum atomic E-state index is 13.9. The average molecular weight is 325 g/mol. The number of ether oxygens (including phenoxy) is 1. The van der Waals surface area contributed by atoms with Crippen LogP contribution < -0.4 is 10.1 Å². The summed E-state index contributed by atoms with van der Waals surface area (Å²) >= 11 is 3.35. The van der Waals surface area contributed by atoms with E-state index in [2.05, 4.69) is 26.2 Å². The number of nitrogens with zero attached hydrogens (tertiary/aromatic N) is 1. The van der Waals surface area contributed by atoms with Crippen LogP contribution in [0, 0.1) is 5.82 Å². The highest BCUT2D eigenvalue weighted by atomic mass is 79.9. The molecule has 1 atom stereocenters. The van der Waals surface area contributed by atoms with Gasteiger partial charge in [0.2, 0.25) is 0 Å². The Morgan fingerprint density at radius 3 is 2.79 bits per heavy atom. The molecule has 0 amide bonds. The normalized spacial score (nSPS) is 12.0. The molecule has 1 aromatic heterocycles. The number of rotatable bonds is 4. The van der Waals surface area contributed by atoms with E-state index in [1.165, 1.54) is 13.2 Å². The number of pyridine rings is 1. The Morgan fingerprint density at radius 2 is 2.16 bits per heavy atom. The van der Waals surface area contributed by atoms with Gasteiger partial charge in [-0.05, 0) is 41.1 Å². The Morgan fingerprint density at radius 1 is 1.37 bits per heavy atom. The lowest BCUT2D eigenvalue weighted by Crippen LogP contribution is -2.09. The Hall–Kier alpha value is -1.62. The van der Waals surface area contributed by atoms with Gasteiger partial charge >= 0.3 is 0 Å². The van der Waals surface area contributed by atoms with E-state index in [-0.39, 0.29) is 11.9 Å². The molecule has 2 rings (SSSR count). The van der Waals surface area contributed by atoms with Crippen LogP contribution in [0.1, 0.15) is 18.5 Å². The van der Waals surface area contributed by atoms with Crippen molar-refractivity contribution in [2.75, 3.05) is 12.4 Å². The third kappa shape index (κ3) is 3.23. The van der Waals surface area contributed by atoms with E-state index in [1.807, 2.05) is 19.1 Å². The highest BCUT2D eigenvalue weighted by Gasteiger charge is 2.13. The maximum Gasteiger partial charge on any atom is 0.132 e. The van der Waals surface area contributed by atoms with Crippen molar-refractivity contribution in [2.24, 2.45) is 0 Å². The van der Waals surface area contributed by atoms with Gasteiger partial charge in [-0.1, -0.05) is 6.07 Å². The molecule has 1 N–H and O–H groups in total. The molecule has 0 aliphatic rings. The van der Waals surface area contributed by atoms with Crippen LogP contribution in [0.25, 0.3) is 0 Å². The van der Waals surface area contributed by atoms with Crippen LogP contribution in [-0.2, 0) is 0 Å². The summed E-state index contributed by atoms with van der Waals surface area (Å²) in [5.41, 5.74) is 1.40. The Bertz CT molecular complexity index is 577. The van der Waals surface area contributed by atoms with Gasteiger partial charge < -0.3 is 10.1 Å². The van der Waals surface area contributed by atoms with E-state index in [9.17, 15) is 4.39 Å². The second-order valence-corrected chi connectivity index (χ2v) is 4.85. The summed E-state index contributed by atoms with van der Waals surface area (Å²) in [6.45, 7) is 1.89. The number of hydrogen-bond donors (Lipinski definition) is 1. The summed E-state index contributed by atoms with van der Waals surface area (Å²) in [5.74, 6) is 0.218. The lowest BCUT2D eigenvalue weighted by molar-refractivity contribution is 0.410. The summed E-state index contributed by atoms with van der Waals surface area (Å²) in [6, 6.07) is 8.38. The first-order chi connectivity index (χ1) is 9.11. The van der Waals surface area contributed by atoms with Gasteiger partial charge in [0.25, 0.3) is 0 Å². The molecule has 0 bridgehead atoms. The van der Waals surface area contributed by atoms with Crippen molar-refractivity contribution in [1.82, 2.24) is 4.98 Å². The fourth-order valence-corrected chi connectivity index (χ4v) is 2.16. The molecule has 1 heterocycles. The molecule has 0 saturated heterocycles. The number of benzene rings is 1. The number of hydrogen-bond acceptors (Lipinski definition) is 3. The summed E-state index contributed by atoms with van der Waals surface area (Å²) < 4.78 is 19.6. The van der Waals surface area contributed by atoms with Gasteiger partial charge in [-0.25, -0.2) is 9.37 Å². The lowest BCUT2D eigenvalue weighted by atomic mass is 10.1. The van der Waals surface area contributed by atoms with Gasteiger partial charge in [0.1, 0.15) is 16.2 Å². The predicted molar refractivity (Wildman–Crippen MR) is 76.9 cm³/mol. The fraction of sp³-hybridized carbons (Fsp3) is 0.214. The Balaban J connectivity index is 2.21. The molecule has 2 aromatic rings. The second-order valence-electron chi connectivity index (χ2n) is 4.10. The number of methoxy groups -OCH3 is 1. The van der Waals surface area contributed by atoms with Gasteiger partial charge in [0.15, 0.2) is 0 Å². The van der Waals surface area contributed by atoms with Crippen molar-refractivity contribution in [3.05, 3.63) is 52.5 Å². The topological polar surface area (TPSA) is 34.1 Å². The highest BCUT2D eigenvalue weighted by Crippen LogP contribution is 2.27. The lowest BCUT2D eigenvalue weighted by Gasteiger charge is -2.17. The minimum atomic E-state index is -0.292. The zero-order valence-electron chi connectivity index (χ0n) is 10.7. The quantitative estimate of drug-likeness (QED) is 0.857. The van der Waals surface area contributed by atoms with Crippen molar-refractivity contribution in [3.63, 3.8) is 0 Å². The summed E-state index contributed by atoms with van der Waals surface area (Å²) in [5, 5.41) is 3.21. The van der Waals surface area contributed by atoms with Crippen molar-refractivity contribution < 1.29 is 9.13 Å². The van der Waals surface area contributed by atoms with Crippen LogP contribution in [0.2, 0.25) is 0 Å². The molecule has 1 aromatic carbocycles. The molecule has 0 fully saturated rings. The monoisotopic (exact) mass is 324 g/mol. The molecule has 5 heteroatoms. The maximum absolute atomic E-state index is 13.9. The van der Waals surface area contributed by atoms with Crippen molar-refractivity contribution >= 4 is 21.6 Å². The SMILES string of the molecule is COc1ccc(C(C)Nc2cccnc2Br)c(F)c1. The molecule has 3 nitrogen and oxygen atoms in total. The predicted octanol–water partition coefficient (Wildman–Crippen LogP) is 4.16. The molecule has 0 radical (unpaired) electrons. The molecule has 0 spiro atoms. The van der Waals surface area contributed by atoms with E-state index < -0.39 is 0 Å². The van der Waals surface area contributed by atoms with E-state index >= 15 is 0 Å². The fourth-order valence-electron chi connectivity index (χ4n) is 1.79. The minimum absolute atomic E-state index is 0.175. The highest BCUT2D eigenvalue weighted by molar-refractivity contribution is 9.10. The average Bonchev–Trinajstić information content (AvgIpc) is 2.41. The number of anilines is 1. The first-order valence-corrected chi connectivity index (χ1v) is 6.61. The second kappa shape index (κ2) is 6.02. The molecule has 1 unspecified atom stereocenters. The van der Waals surface area contributed by atoms with Gasteiger partial charge in [0.05, 0.1) is 18.8 Å². The van der Waals surface area contributed by atoms with E-state index in [0.717, 1.165) is 5.69 Å². The standard InChI is InChI=1S/C14H14BrFN2O/c1-9(18-13-4-3-7-17-14(13)15)11-6-5-10(19-2)8-12(11)16/h3-9,18H,1-2H3. The van der Waals surface area contributed by atoms with E-state index in [0.29, 0.717) is 15.9 Å². The first-order valence-electron chi connectivity index (χ1n) is 5.82. The zero-order valence-corrected chi connectivity index (χ0v) is 12.2. The van der Waals surface area contributed by atoms with E-state index in [4.69, 9.17) is 4.74 Å².